The van der Waals surface area contributed by atoms with Gasteiger partial charge in [0.2, 0.25) is 0 Å². The number of nitrogens with one attached hydrogen (secondary N) is 1. The molecule has 0 aliphatic heterocycles. The maximum absolute atomic E-state index is 12.2. The largest absolute Gasteiger partial charge is 0.355 e. The van der Waals surface area contributed by atoms with Crippen molar-refractivity contribution >= 4 is 16.9 Å². The lowest BCUT2D eigenvalue weighted by Gasteiger charge is -2.10. The summed E-state index contributed by atoms with van der Waals surface area (Å²) < 4.78 is 1.84. The second kappa shape index (κ2) is 5.60. The van der Waals surface area contributed by atoms with E-state index in [2.05, 4.69) is 10.4 Å². The maximum Gasteiger partial charge on any atom is 0.251 e. The van der Waals surface area contributed by atoms with E-state index in [0.29, 0.717) is 5.56 Å². The van der Waals surface area contributed by atoms with E-state index in [1.165, 1.54) is 0 Å². The standard InChI is InChI=1S/C17H18N4O/c1-11(2)21-16-14(10-19-21)13(17(22)18-3)9-15(20-16)12-7-5-4-6-8-12/h4-11H,1-3H3,(H,18,22). The number of rotatable bonds is 3. The van der Waals surface area contributed by atoms with Crippen molar-refractivity contribution in [1.82, 2.24) is 20.1 Å². The molecule has 0 aliphatic rings. The van der Waals surface area contributed by atoms with Crippen molar-refractivity contribution in [3.05, 3.63) is 48.2 Å². The van der Waals surface area contributed by atoms with Crippen LogP contribution < -0.4 is 5.32 Å². The van der Waals surface area contributed by atoms with Crippen molar-refractivity contribution in [2.75, 3.05) is 7.05 Å². The number of pyridine rings is 1. The number of amides is 1. The molecule has 1 aromatic carbocycles. The average Bonchev–Trinajstić information content (AvgIpc) is 2.98. The molecule has 5 heteroatoms. The van der Waals surface area contributed by atoms with Gasteiger partial charge < -0.3 is 5.32 Å². The van der Waals surface area contributed by atoms with Crippen molar-refractivity contribution in [2.24, 2.45) is 0 Å². The Morgan fingerprint density at radius 1 is 1.23 bits per heavy atom. The third-order valence-electron chi connectivity index (χ3n) is 3.60. The van der Waals surface area contributed by atoms with Gasteiger partial charge in [-0.3, -0.25) is 4.79 Å². The molecule has 3 rings (SSSR count). The molecule has 0 spiro atoms. The van der Waals surface area contributed by atoms with Gasteiger partial charge in [0.15, 0.2) is 5.65 Å². The summed E-state index contributed by atoms with van der Waals surface area (Å²) in [4.78, 5) is 16.9. The van der Waals surface area contributed by atoms with Gasteiger partial charge in [-0.1, -0.05) is 30.3 Å². The van der Waals surface area contributed by atoms with E-state index >= 15 is 0 Å². The fourth-order valence-corrected chi connectivity index (χ4v) is 2.48. The van der Waals surface area contributed by atoms with Crippen molar-refractivity contribution in [3.63, 3.8) is 0 Å². The number of fused-ring (bicyclic) bond motifs is 1. The Hall–Kier alpha value is -2.69. The predicted molar refractivity (Wildman–Crippen MR) is 86.7 cm³/mol. The zero-order valence-electron chi connectivity index (χ0n) is 12.9. The first-order chi connectivity index (χ1) is 10.6. The van der Waals surface area contributed by atoms with Gasteiger partial charge in [-0.15, -0.1) is 0 Å². The van der Waals surface area contributed by atoms with Crippen molar-refractivity contribution < 1.29 is 4.79 Å². The van der Waals surface area contributed by atoms with E-state index in [1.54, 1.807) is 13.2 Å². The molecule has 0 bridgehead atoms. The van der Waals surface area contributed by atoms with Crippen LogP contribution in [-0.4, -0.2) is 27.7 Å². The van der Waals surface area contributed by atoms with E-state index in [9.17, 15) is 4.79 Å². The summed E-state index contributed by atoms with van der Waals surface area (Å²) in [5, 5.41) is 7.84. The van der Waals surface area contributed by atoms with Gasteiger partial charge in [0.05, 0.1) is 22.8 Å². The highest BCUT2D eigenvalue weighted by atomic mass is 16.1. The van der Waals surface area contributed by atoms with Gasteiger partial charge in [0, 0.05) is 18.7 Å². The molecule has 3 aromatic rings. The summed E-state index contributed by atoms with van der Waals surface area (Å²) in [7, 11) is 1.63. The van der Waals surface area contributed by atoms with Crippen LogP contribution >= 0.6 is 0 Å². The van der Waals surface area contributed by atoms with Crippen molar-refractivity contribution in [2.45, 2.75) is 19.9 Å². The number of benzene rings is 1. The van der Waals surface area contributed by atoms with Crippen LogP contribution in [0.4, 0.5) is 0 Å². The molecule has 0 saturated heterocycles. The summed E-state index contributed by atoms with van der Waals surface area (Å²) in [6.07, 6.45) is 1.71. The molecular formula is C17H18N4O. The van der Waals surface area contributed by atoms with E-state index in [0.717, 1.165) is 22.3 Å². The lowest BCUT2D eigenvalue weighted by atomic mass is 10.1. The summed E-state index contributed by atoms with van der Waals surface area (Å²) >= 11 is 0. The second-order valence-corrected chi connectivity index (χ2v) is 5.42. The fourth-order valence-electron chi connectivity index (χ4n) is 2.48. The quantitative estimate of drug-likeness (QED) is 0.807. The lowest BCUT2D eigenvalue weighted by Crippen LogP contribution is -2.18. The van der Waals surface area contributed by atoms with Crippen LogP contribution in [0.5, 0.6) is 0 Å². The number of hydrogen-bond donors (Lipinski definition) is 1. The van der Waals surface area contributed by atoms with E-state index in [1.807, 2.05) is 54.9 Å². The highest BCUT2D eigenvalue weighted by Crippen LogP contribution is 2.26. The van der Waals surface area contributed by atoms with Crippen molar-refractivity contribution in [3.8, 4) is 11.3 Å². The van der Waals surface area contributed by atoms with E-state index < -0.39 is 0 Å². The summed E-state index contributed by atoms with van der Waals surface area (Å²) in [6.45, 7) is 4.09. The van der Waals surface area contributed by atoms with Crippen LogP contribution in [0.1, 0.15) is 30.2 Å². The van der Waals surface area contributed by atoms with Crippen LogP contribution in [0.2, 0.25) is 0 Å². The Balaban J connectivity index is 2.30. The number of carbonyl (C=O) groups excluding carboxylic acids is 1. The molecule has 0 unspecified atom stereocenters. The molecule has 0 aliphatic carbocycles. The van der Waals surface area contributed by atoms with Gasteiger partial charge in [0.25, 0.3) is 5.91 Å². The molecule has 1 N–H and O–H groups in total. The number of carbonyl (C=O) groups is 1. The first kappa shape index (κ1) is 14.3. The smallest absolute Gasteiger partial charge is 0.251 e. The molecule has 2 heterocycles. The minimum atomic E-state index is -0.132. The molecule has 0 radical (unpaired) electrons. The predicted octanol–water partition coefficient (Wildman–Crippen LogP) is 3.04. The first-order valence-corrected chi connectivity index (χ1v) is 7.27. The second-order valence-electron chi connectivity index (χ2n) is 5.42. The first-order valence-electron chi connectivity index (χ1n) is 7.27. The molecule has 112 valence electrons. The lowest BCUT2D eigenvalue weighted by molar-refractivity contribution is 0.0964. The molecular weight excluding hydrogens is 276 g/mol. The molecule has 0 saturated carbocycles. The highest BCUT2D eigenvalue weighted by Gasteiger charge is 2.17. The Morgan fingerprint density at radius 2 is 1.95 bits per heavy atom. The minimum Gasteiger partial charge on any atom is -0.355 e. The highest BCUT2D eigenvalue weighted by molar-refractivity contribution is 6.06. The topological polar surface area (TPSA) is 59.8 Å². The summed E-state index contributed by atoms with van der Waals surface area (Å²) in [5.74, 6) is -0.132. The minimum absolute atomic E-state index is 0.132. The average molecular weight is 294 g/mol. The van der Waals surface area contributed by atoms with E-state index in [-0.39, 0.29) is 11.9 Å². The molecule has 0 atom stereocenters. The number of aromatic nitrogens is 3. The van der Waals surface area contributed by atoms with Gasteiger partial charge in [-0.2, -0.15) is 5.10 Å². The van der Waals surface area contributed by atoms with Crippen molar-refractivity contribution in [1.29, 1.82) is 0 Å². The van der Waals surface area contributed by atoms with Crippen LogP contribution in [0.15, 0.2) is 42.6 Å². The Labute approximate surface area is 129 Å². The van der Waals surface area contributed by atoms with Gasteiger partial charge in [-0.05, 0) is 19.9 Å². The third-order valence-corrected chi connectivity index (χ3v) is 3.60. The maximum atomic E-state index is 12.2. The van der Waals surface area contributed by atoms with Crippen LogP contribution in [-0.2, 0) is 0 Å². The summed E-state index contributed by atoms with van der Waals surface area (Å²) in [5.41, 5.74) is 3.08. The zero-order valence-corrected chi connectivity index (χ0v) is 12.9. The van der Waals surface area contributed by atoms with Gasteiger partial charge >= 0.3 is 0 Å². The third kappa shape index (κ3) is 2.35. The molecule has 5 nitrogen and oxygen atoms in total. The fraction of sp³-hybridized carbons (Fsp3) is 0.235. The Bertz CT molecular complexity index is 821. The Morgan fingerprint density at radius 3 is 2.59 bits per heavy atom. The number of nitrogens with zero attached hydrogens (tertiary/aromatic N) is 3. The van der Waals surface area contributed by atoms with E-state index in [4.69, 9.17) is 4.98 Å². The summed E-state index contributed by atoms with van der Waals surface area (Å²) in [6, 6.07) is 11.8. The number of hydrogen-bond acceptors (Lipinski definition) is 3. The Kier molecular flexibility index (Phi) is 3.63. The zero-order chi connectivity index (χ0) is 15.7. The van der Waals surface area contributed by atoms with Crippen LogP contribution in [0.3, 0.4) is 0 Å². The monoisotopic (exact) mass is 294 g/mol. The van der Waals surface area contributed by atoms with Gasteiger partial charge in [0.1, 0.15) is 0 Å². The van der Waals surface area contributed by atoms with Crippen LogP contribution in [0.25, 0.3) is 22.3 Å². The molecule has 2 aromatic heterocycles. The normalized spacial score (nSPS) is 11.1. The molecule has 22 heavy (non-hydrogen) atoms. The molecule has 1 amide bonds. The van der Waals surface area contributed by atoms with Gasteiger partial charge in [-0.25, -0.2) is 9.67 Å². The molecule has 0 fully saturated rings. The van der Waals surface area contributed by atoms with Crippen LogP contribution in [0, 0.1) is 0 Å². The SMILES string of the molecule is CNC(=O)c1cc(-c2ccccc2)nc2c1cnn2C(C)C.